The number of thiazole rings is 1. The summed E-state index contributed by atoms with van der Waals surface area (Å²) < 4.78 is 0. The number of nitrogens with one attached hydrogen (secondary N) is 2. The smallest absolute Gasteiger partial charge is 0.276 e. The van der Waals surface area contributed by atoms with E-state index in [1.165, 1.54) is 29.2 Å². The second-order valence-corrected chi connectivity index (χ2v) is 9.45. The van der Waals surface area contributed by atoms with Gasteiger partial charge in [0, 0.05) is 29.7 Å². The van der Waals surface area contributed by atoms with Crippen LogP contribution in [0.15, 0.2) is 34.4 Å². The Hall–Kier alpha value is -2.98. The van der Waals surface area contributed by atoms with Crippen molar-refractivity contribution in [1.82, 2.24) is 15.0 Å². The predicted octanol–water partition coefficient (Wildman–Crippen LogP) is 3.26. The zero-order valence-corrected chi connectivity index (χ0v) is 19.1. The number of hydrogen-bond donors (Lipinski definition) is 2. The van der Waals surface area contributed by atoms with Crippen LogP contribution in [-0.2, 0) is 16.0 Å². The number of H-pyrrole nitrogens is 1. The Labute approximate surface area is 187 Å². The molecule has 160 valence electrons. The molecule has 2 aromatic heterocycles. The Morgan fingerprint density at radius 3 is 2.77 bits per heavy atom. The molecule has 3 heterocycles. The van der Waals surface area contributed by atoms with Crippen LogP contribution in [0.2, 0.25) is 0 Å². The standard InChI is InChI=1S/C21H21N5O3S2/c1-21(2)12-7-11(5-6-15(12)26(3)19(21)29)14-9-31-20(23-14)25-18(28)13-8-17(27)24-16(22-13)10-30-4/h5-9H,10H2,1-4H3,(H,22,24,27)(H,23,25,28). The molecule has 0 radical (unpaired) electrons. The van der Waals surface area contributed by atoms with E-state index in [4.69, 9.17) is 0 Å². The van der Waals surface area contributed by atoms with Gasteiger partial charge in [-0.05, 0) is 37.8 Å². The monoisotopic (exact) mass is 455 g/mol. The van der Waals surface area contributed by atoms with Crippen LogP contribution < -0.4 is 15.8 Å². The van der Waals surface area contributed by atoms with Crippen LogP contribution in [0.25, 0.3) is 11.3 Å². The number of likely N-dealkylation sites (N-methyl/N-ethyl adjacent to an activating group) is 1. The topological polar surface area (TPSA) is 108 Å². The molecule has 0 unspecified atom stereocenters. The molecule has 2 amide bonds. The summed E-state index contributed by atoms with van der Waals surface area (Å²) in [6, 6.07) is 6.98. The highest BCUT2D eigenvalue weighted by atomic mass is 32.2. The lowest BCUT2D eigenvalue weighted by atomic mass is 9.85. The minimum Gasteiger partial charge on any atom is -0.314 e. The van der Waals surface area contributed by atoms with Crippen molar-refractivity contribution >= 4 is 45.7 Å². The number of thioether (sulfide) groups is 1. The first-order valence-corrected chi connectivity index (χ1v) is 11.8. The largest absolute Gasteiger partial charge is 0.314 e. The Balaban J connectivity index is 1.58. The number of benzene rings is 1. The first-order chi connectivity index (χ1) is 14.7. The number of anilines is 2. The highest BCUT2D eigenvalue weighted by Gasteiger charge is 2.42. The minimum absolute atomic E-state index is 0.0466. The second kappa shape index (κ2) is 7.93. The molecule has 1 aromatic carbocycles. The predicted molar refractivity (Wildman–Crippen MR) is 124 cm³/mol. The summed E-state index contributed by atoms with van der Waals surface area (Å²) in [5.74, 6) is 0.517. The van der Waals surface area contributed by atoms with Crippen molar-refractivity contribution in [3.8, 4) is 11.3 Å². The molecule has 0 aliphatic carbocycles. The number of carbonyl (C=O) groups is 2. The van der Waals surface area contributed by atoms with Gasteiger partial charge in [-0.25, -0.2) is 9.97 Å². The number of rotatable bonds is 5. The molecule has 1 aliphatic rings. The molecule has 10 heteroatoms. The van der Waals surface area contributed by atoms with Crippen molar-refractivity contribution in [3.05, 3.63) is 57.1 Å². The third kappa shape index (κ3) is 3.88. The van der Waals surface area contributed by atoms with Crippen molar-refractivity contribution in [2.45, 2.75) is 25.0 Å². The number of aromatic nitrogens is 3. The molecule has 2 N–H and O–H groups in total. The molecule has 3 aromatic rings. The molecule has 0 saturated carbocycles. The van der Waals surface area contributed by atoms with E-state index in [0.29, 0.717) is 22.4 Å². The molecule has 0 spiro atoms. The average molecular weight is 456 g/mol. The van der Waals surface area contributed by atoms with Gasteiger partial charge >= 0.3 is 0 Å². The Morgan fingerprint density at radius 1 is 1.26 bits per heavy atom. The molecule has 0 atom stereocenters. The molecule has 0 saturated heterocycles. The van der Waals surface area contributed by atoms with Gasteiger partial charge in [-0.1, -0.05) is 6.07 Å². The van der Waals surface area contributed by atoms with Crippen LogP contribution in [0.4, 0.5) is 10.8 Å². The lowest BCUT2D eigenvalue weighted by Crippen LogP contribution is -2.33. The van der Waals surface area contributed by atoms with Crippen LogP contribution in [0.1, 0.15) is 35.7 Å². The van der Waals surface area contributed by atoms with E-state index in [1.54, 1.807) is 11.9 Å². The molecule has 0 fully saturated rings. The van der Waals surface area contributed by atoms with Crippen molar-refractivity contribution in [2.24, 2.45) is 0 Å². The SMILES string of the molecule is CSCc1nc(C(=O)Nc2nc(-c3ccc4c(c3)C(C)(C)C(=O)N4C)cs2)cc(=O)[nH]1. The number of nitrogens with zero attached hydrogens (tertiary/aromatic N) is 3. The number of amides is 2. The fourth-order valence-electron chi connectivity index (χ4n) is 3.59. The van der Waals surface area contributed by atoms with Gasteiger partial charge in [0.2, 0.25) is 5.91 Å². The molecule has 8 nitrogen and oxygen atoms in total. The summed E-state index contributed by atoms with van der Waals surface area (Å²) in [5.41, 5.74) is 2.48. The van der Waals surface area contributed by atoms with Gasteiger partial charge in [0.05, 0.1) is 16.9 Å². The highest BCUT2D eigenvalue weighted by molar-refractivity contribution is 7.97. The second-order valence-electron chi connectivity index (χ2n) is 7.72. The van der Waals surface area contributed by atoms with E-state index >= 15 is 0 Å². The van der Waals surface area contributed by atoms with Crippen LogP contribution >= 0.6 is 23.1 Å². The molecule has 0 bridgehead atoms. The van der Waals surface area contributed by atoms with Gasteiger partial charge in [-0.2, -0.15) is 11.8 Å². The number of aromatic amines is 1. The van der Waals surface area contributed by atoms with E-state index < -0.39 is 11.3 Å². The van der Waals surface area contributed by atoms with Crippen LogP contribution in [0.3, 0.4) is 0 Å². The van der Waals surface area contributed by atoms with Gasteiger partial charge < -0.3 is 9.88 Å². The molecular formula is C21H21N5O3S2. The first-order valence-electron chi connectivity index (χ1n) is 9.50. The highest BCUT2D eigenvalue weighted by Crippen LogP contribution is 2.42. The van der Waals surface area contributed by atoms with E-state index in [9.17, 15) is 14.4 Å². The minimum atomic E-state index is -0.603. The van der Waals surface area contributed by atoms with Crippen molar-refractivity contribution in [3.63, 3.8) is 0 Å². The summed E-state index contributed by atoms with van der Waals surface area (Å²) in [6.45, 7) is 3.82. The Bertz CT molecular complexity index is 1250. The van der Waals surface area contributed by atoms with E-state index in [0.717, 1.165) is 16.8 Å². The number of hydrogen-bond acceptors (Lipinski definition) is 7. The Kier molecular flexibility index (Phi) is 5.44. The maximum Gasteiger partial charge on any atom is 0.276 e. The van der Waals surface area contributed by atoms with Crippen LogP contribution in [-0.4, -0.2) is 40.1 Å². The maximum absolute atomic E-state index is 12.6. The summed E-state index contributed by atoms with van der Waals surface area (Å²) in [7, 11) is 1.78. The van der Waals surface area contributed by atoms with E-state index in [1.807, 2.05) is 43.7 Å². The third-order valence-corrected chi connectivity index (χ3v) is 6.52. The molecular weight excluding hydrogens is 434 g/mol. The van der Waals surface area contributed by atoms with E-state index in [2.05, 4.69) is 20.3 Å². The van der Waals surface area contributed by atoms with Crippen LogP contribution in [0, 0.1) is 0 Å². The molecule has 1 aliphatic heterocycles. The third-order valence-electron chi connectivity index (χ3n) is 5.20. The molecule has 4 rings (SSSR count). The maximum atomic E-state index is 12.6. The number of fused-ring (bicyclic) bond motifs is 1. The van der Waals surface area contributed by atoms with Gasteiger partial charge in [0.1, 0.15) is 11.5 Å². The number of carbonyl (C=O) groups excluding carboxylic acids is 2. The van der Waals surface area contributed by atoms with Gasteiger partial charge in [-0.15, -0.1) is 11.3 Å². The summed E-state index contributed by atoms with van der Waals surface area (Å²) >= 11 is 2.78. The van der Waals surface area contributed by atoms with Crippen molar-refractivity contribution in [2.75, 3.05) is 23.5 Å². The summed E-state index contributed by atoms with van der Waals surface area (Å²) in [4.78, 5) is 49.9. The van der Waals surface area contributed by atoms with Gasteiger partial charge in [0.25, 0.3) is 11.5 Å². The van der Waals surface area contributed by atoms with Gasteiger partial charge in [0.15, 0.2) is 5.13 Å². The quantitative estimate of drug-likeness (QED) is 0.611. The average Bonchev–Trinajstić information content (AvgIpc) is 3.26. The lowest BCUT2D eigenvalue weighted by molar-refractivity contribution is -0.121. The van der Waals surface area contributed by atoms with Crippen molar-refractivity contribution < 1.29 is 9.59 Å². The fourth-order valence-corrected chi connectivity index (χ4v) is 4.71. The Morgan fingerprint density at radius 2 is 2.03 bits per heavy atom. The van der Waals surface area contributed by atoms with Gasteiger partial charge in [-0.3, -0.25) is 19.7 Å². The zero-order chi connectivity index (χ0) is 22.3. The van der Waals surface area contributed by atoms with Crippen LogP contribution in [0.5, 0.6) is 0 Å². The summed E-state index contributed by atoms with van der Waals surface area (Å²) in [5, 5.41) is 4.96. The van der Waals surface area contributed by atoms with Crippen molar-refractivity contribution in [1.29, 1.82) is 0 Å². The zero-order valence-electron chi connectivity index (χ0n) is 17.5. The fraction of sp³-hybridized carbons (Fsp3) is 0.286. The molecule has 31 heavy (non-hydrogen) atoms. The van der Waals surface area contributed by atoms with E-state index in [-0.39, 0.29) is 17.2 Å². The summed E-state index contributed by atoms with van der Waals surface area (Å²) in [6.07, 6.45) is 1.89. The first kappa shape index (κ1) is 21.3. The lowest BCUT2D eigenvalue weighted by Gasteiger charge is -2.16. The normalized spacial score (nSPS) is 14.6.